The molecule has 1 atom stereocenters. The van der Waals surface area contributed by atoms with Gasteiger partial charge in [-0.25, -0.2) is 0 Å². The van der Waals surface area contributed by atoms with Crippen LogP contribution < -0.4 is 10.1 Å². The third-order valence-corrected chi connectivity index (χ3v) is 4.45. The summed E-state index contributed by atoms with van der Waals surface area (Å²) in [5.74, 6) is 0.722. The molecule has 2 rings (SSSR count). The third-order valence-electron chi connectivity index (χ3n) is 4.45. The number of rotatable bonds is 7. The van der Waals surface area contributed by atoms with Gasteiger partial charge in [0.1, 0.15) is 18.5 Å². The molecule has 1 aromatic carbocycles. The topological polar surface area (TPSA) is 58.6 Å². The molecule has 0 aliphatic heterocycles. The molecule has 1 unspecified atom stereocenters. The number of Topliss-reactive ketones (excluding diaryl/α,β-unsaturated/α-hetero) is 1. The Bertz CT molecular complexity index is 464. The van der Waals surface area contributed by atoms with Crippen molar-refractivity contribution in [2.45, 2.75) is 64.0 Å². The van der Waals surface area contributed by atoms with Gasteiger partial charge in [0.15, 0.2) is 5.78 Å². The summed E-state index contributed by atoms with van der Waals surface area (Å²) in [7, 11) is 0. The van der Waals surface area contributed by atoms with E-state index in [-0.39, 0.29) is 12.4 Å². The van der Waals surface area contributed by atoms with Crippen LogP contribution in [0.2, 0.25) is 0 Å². The van der Waals surface area contributed by atoms with Gasteiger partial charge in [0.2, 0.25) is 0 Å². The minimum absolute atomic E-state index is 0.0417. The Morgan fingerprint density at radius 2 is 1.78 bits per heavy atom. The summed E-state index contributed by atoms with van der Waals surface area (Å²) < 4.78 is 5.59. The number of carbonyl (C=O) groups is 1. The first-order chi connectivity index (χ1) is 11.1. The fraction of sp³-hybridized carbons (Fsp3) is 0.632. The Kier molecular flexibility index (Phi) is 7.56. The van der Waals surface area contributed by atoms with Crippen LogP contribution in [0.3, 0.4) is 0 Å². The first kappa shape index (κ1) is 18.0. The molecule has 0 heterocycles. The molecule has 0 radical (unpaired) electrons. The minimum atomic E-state index is -0.520. The zero-order valence-corrected chi connectivity index (χ0v) is 14.1. The number of benzene rings is 1. The van der Waals surface area contributed by atoms with E-state index in [0.29, 0.717) is 23.9 Å². The lowest BCUT2D eigenvalue weighted by Gasteiger charge is -2.22. The summed E-state index contributed by atoms with van der Waals surface area (Å²) >= 11 is 0. The molecule has 0 saturated heterocycles. The van der Waals surface area contributed by atoms with Crippen LogP contribution in [-0.4, -0.2) is 36.2 Å². The lowest BCUT2D eigenvalue weighted by molar-refractivity contribution is 0.101. The van der Waals surface area contributed by atoms with Crippen molar-refractivity contribution in [3.05, 3.63) is 29.8 Å². The Morgan fingerprint density at radius 3 is 2.39 bits per heavy atom. The van der Waals surface area contributed by atoms with E-state index in [1.54, 1.807) is 31.2 Å². The van der Waals surface area contributed by atoms with Gasteiger partial charge in [-0.15, -0.1) is 0 Å². The first-order valence-corrected chi connectivity index (χ1v) is 8.80. The van der Waals surface area contributed by atoms with Crippen LogP contribution in [0.5, 0.6) is 5.75 Å². The van der Waals surface area contributed by atoms with E-state index in [1.165, 1.54) is 44.9 Å². The monoisotopic (exact) mass is 319 g/mol. The summed E-state index contributed by atoms with van der Waals surface area (Å²) in [5.41, 5.74) is 0.670. The molecule has 0 aromatic heterocycles. The Balaban J connectivity index is 1.67. The molecule has 0 bridgehead atoms. The van der Waals surface area contributed by atoms with Crippen LogP contribution in [0, 0.1) is 0 Å². The molecule has 1 fully saturated rings. The van der Waals surface area contributed by atoms with Gasteiger partial charge in [0.05, 0.1) is 0 Å². The van der Waals surface area contributed by atoms with Crippen LogP contribution in [0.4, 0.5) is 0 Å². The van der Waals surface area contributed by atoms with Gasteiger partial charge in [-0.2, -0.15) is 0 Å². The fourth-order valence-corrected chi connectivity index (χ4v) is 3.00. The number of aliphatic hydroxyl groups excluding tert-OH is 1. The second-order valence-electron chi connectivity index (χ2n) is 6.50. The molecule has 1 aliphatic carbocycles. The van der Waals surface area contributed by atoms with E-state index in [2.05, 4.69) is 5.32 Å². The molecule has 128 valence electrons. The van der Waals surface area contributed by atoms with E-state index in [1.807, 2.05) is 0 Å². The van der Waals surface area contributed by atoms with Crippen LogP contribution in [-0.2, 0) is 0 Å². The molecular weight excluding hydrogens is 290 g/mol. The van der Waals surface area contributed by atoms with Crippen LogP contribution in [0.15, 0.2) is 24.3 Å². The van der Waals surface area contributed by atoms with Gasteiger partial charge < -0.3 is 15.2 Å². The molecule has 23 heavy (non-hydrogen) atoms. The molecule has 0 spiro atoms. The number of ketones is 1. The smallest absolute Gasteiger partial charge is 0.159 e. The zero-order chi connectivity index (χ0) is 16.5. The van der Waals surface area contributed by atoms with Gasteiger partial charge in [0, 0.05) is 18.2 Å². The highest BCUT2D eigenvalue weighted by Gasteiger charge is 2.13. The van der Waals surface area contributed by atoms with Crippen molar-refractivity contribution in [3.63, 3.8) is 0 Å². The van der Waals surface area contributed by atoms with E-state index in [0.717, 1.165) is 0 Å². The molecule has 1 aliphatic rings. The maximum atomic E-state index is 11.2. The van der Waals surface area contributed by atoms with Crippen molar-refractivity contribution in [1.82, 2.24) is 5.32 Å². The standard InChI is InChI=1S/C19H29NO3/c1-15(21)16-9-11-19(12-10-16)23-14-18(22)13-20-17-7-5-3-2-4-6-8-17/h9-12,17-18,20,22H,2-8,13-14H2,1H3. The summed E-state index contributed by atoms with van der Waals surface area (Å²) in [6.07, 6.45) is 8.50. The molecule has 0 amide bonds. The quantitative estimate of drug-likeness (QED) is 0.757. The lowest BCUT2D eigenvalue weighted by Crippen LogP contribution is -2.38. The van der Waals surface area contributed by atoms with Gasteiger partial charge in [-0.1, -0.05) is 32.1 Å². The average molecular weight is 319 g/mol. The predicted molar refractivity (Wildman–Crippen MR) is 92.1 cm³/mol. The summed E-state index contributed by atoms with van der Waals surface area (Å²) in [5, 5.41) is 13.5. The predicted octanol–water partition coefficient (Wildman–Crippen LogP) is 3.33. The van der Waals surface area contributed by atoms with E-state index in [9.17, 15) is 9.90 Å². The van der Waals surface area contributed by atoms with Gasteiger partial charge in [-0.3, -0.25) is 4.79 Å². The second kappa shape index (κ2) is 9.68. The number of hydrogen-bond donors (Lipinski definition) is 2. The third kappa shape index (κ3) is 6.71. The first-order valence-electron chi connectivity index (χ1n) is 8.80. The molecule has 1 saturated carbocycles. The average Bonchev–Trinajstić information content (AvgIpc) is 2.52. The summed E-state index contributed by atoms with van der Waals surface area (Å²) in [4.78, 5) is 11.2. The summed E-state index contributed by atoms with van der Waals surface area (Å²) in [6, 6.07) is 7.56. The maximum Gasteiger partial charge on any atom is 0.159 e. The van der Waals surface area contributed by atoms with Crippen molar-refractivity contribution in [1.29, 1.82) is 0 Å². The van der Waals surface area contributed by atoms with Crippen LogP contribution in [0.25, 0.3) is 0 Å². The van der Waals surface area contributed by atoms with Gasteiger partial charge in [0.25, 0.3) is 0 Å². The highest BCUT2D eigenvalue weighted by Crippen LogP contribution is 2.17. The van der Waals surface area contributed by atoms with Crippen molar-refractivity contribution >= 4 is 5.78 Å². The molecule has 4 nitrogen and oxygen atoms in total. The zero-order valence-electron chi connectivity index (χ0n) is 14.1. The van der Waals surface area contributed by atoms with Crippen molar-refractivity contribution in [2.75, 3.05) is 13.2 Å². The van der Waals surface area contributed by atoms with Gasteiger partial charge >= 0.3 is 0 Å². The van der Waals surface area contributed by atoms with Gasteiger partial charge in [-0.05, 0) is 44.0 Å². The highest BCUT2D eigenvalue weighted by molar-refractivity contribution is 5.94. The minimum Gasteiger partial charge on any atom is -0.491 e. The number of aliphatic hydroxyl groups is 1. The number of nitrogens with one attached hydrogen (secondary N) is 1. The number of carbonyl (C=O) groups excluding carboxylic acids is 1. The molecule has 2 N–H and O–H groups in total. The normalized spacial score (nSPS) is 18.0. The van der Waals surface area contributed by atoms with E-state index in [4.69, 9.17) is 4.74 Å². The van der Waals surface area contributed by atoms with Crippen LogP contribution >= 0.6 is 0 Å². The van der Waals surface area contributed by atoms with E-state index >= 15 is 0 Å². The largest absolute Gasteiger partial charge is 0.491 e. The second-order valence-corrected chi connectivity index (χ2v) is 6.50. The molecular formula is C19H29NO3. The highest BCUT2D eigenvalue weighted by atomic mass is 16.5. The Labute approximate surface area is 139 Å². The maximum absolute atomic E-state index is 11.2. The van der Waals surface area contributed by atoms with E-state index < -0.39 is 6.10 Å². The fourth-order valence-electron chi connectivity index (χ4n) is 3.00. The van der Waals surface area contributed by atoms with Crippen molar-refractivity contribution < 1.29 is 14.6 Å². The van der Waals surface area contributed by atoms with Crippen molar-refractivity contribution in [2.24, 2.45) is 0 Å². The SMILES string of the molecule is CC(=O)c1ccc(OCC(O)CNC2CCCCCCC2)cc1. The molecule has 4 heteroatoms. The Morgan fingerprint density at radius 1 is 1.17 bits per heavy atom. The summed E-state index contributed by atoms with van der Waals surface area (Å²) in [6.45, 7) is 2.37. The number of ether oxygens (including phenoxy) is 1. The molecule has 1 aromatic rings. The lowest BCUT2D eigenvalue weighted by atomic mass is 9.96. The Hall–Kier alpha value is -1.39. The van der Waals surface area contributed by atoms with Crippen molar-refractivity contribution in [3.8, 4) is 5.75 Å². The number of hydrogen-bond acceptors (Lipinski definition) is 4. The van der Waals surface area contributed by atoms with Crippen LogP contribution in [0.1, 0.15) is 62.2 Å².